The molecule has 128 valence electrons. The van der Waals surface area contributed by atoms with Crippen molar-refractivity contribution in [2.75, 3.05) is 18.2 Å². The normalized spacial score (nSPS) is 10.5. The van der Waals surface area contributed by atoms with Crippen LogP contribution < -0.4 is 15.8 Å². The maximum Gasteiger partial charge on any atom is 0.291 e. The summed E-state index contributed by atoms with van der Waals surface area (Å²) in [6.45, 7) is 0. The zero-order chi connectivity index (χ0) is 18.0. The molecular weight excluding hydrogens is 363 g/mol. The number of hydrogen-bond acceptors (Lipinski definition) is 4. The predicted octanol–water partition coefficient (Wildman–Crippen LogP) is 5.10. The molecular formula is C18H14Cl2N2O3. The molecule has 0 unspecified atom stereocenters. The van der Waals surface area contributed by atoms with E-state index in [1.165, 1.54) is 0 Å². The van der Waals surface area contributed by atoms with Crippen LogP contribution in [0.25, 0.3) is 11.3 Å². The van der Waals surface area contributed by atoms with Crippen LogP contribution in [0.15, 0.2) is 52.9 Å². The molecule has 0 aliphatic rings. The maximum absolute atomic E-state index is 12.3. The number of anilines is 2. The average molecular weight is 377 g/mol. The van der Waals surface area contributed by atoms with Gasteiger partial charge < -0.3 is 20.2 Å². The van der Waals surface area contributed by atoms with Crippen molar-refractivity contribution in [2.24, 2.45) is 0 Å². The van der Waals surface area contributed by atoms with Gasteiger partial charge in [-0.05, 0) is 48.5 Å². The summed E-state index contributed by atoms with van der Waals surface area (Å²) in [5, 5.41) is 3.49. The Morgan fingerprint density at radius 1 is 1.08 bits per heavy atom. The Morgan fingerprint density at radius 3 is 2.56 bits per heavy atom. The summed E-state index contributed by atoms with van der Waals surface area (Å²) in [6.07, 6.45) is 0. The largest absolute Gasteiger partial charge is 0.495 e. The zero-order valence-electron chi connectivity index (χ0n) is 13.2. The highest BCUT2D eigenvalue weighted by Crippen LogP contribution is 2.31. The Labute approximate surface area is 154 Å². The smallest absolute Gasteiger partial charge is 0.291 e. The van der Waals surface area contributed by atoms with Gasteiger partial charge in [0.05, 0.1) is 22.8 Å². The van der Waals surface area contributed by atoms with Crippen LogP contribution in [0.4, 0.5) is 11.4 Å². The summed E-state index contributed by atoms with van der Waals surface area (Å²) < 4.78 is 10.7. The minimum atomic E-state index is -0.419. The number of nitrogens with one attached hydrogen (secondary N) is 1. The van der Waals surface area contributed by atoms with Crippen molar-refractivity contribution in [1.82, 2.24) is 0 Å². The van der Waals surface area contributed by atoms with Crippen molar-refractivity contribution in [2.45, 2.75) is 0 Å². The molecule has 0 radical (unpaired) electrons. The summed E-state index contributed by atoms with van der Waals surface area (Å²) >= 11 is 12.2. The molecule has 5 nitrogen and oxygen atoms in total. The third kappa shape index (κ3) is 3.73. The first kappa shape index (κ1) is 17.2. The van der Waals surface area contributed by atoms with Crippen LogP contribution in [-0.2, 0) is 0 Å². The van der Waals surface area contributed by atoms with Crippen LogP contribution in [0, 0.1) is 0 Å². The molecule has 1 aromatic heterocycles. The molecule has 25 heavy (non-hydrogen) atoms. The van der Waals surface area contributed by atoms with Gasteiger partial charge in [-0.3, -0.25) is 4.79 Å². The van der Waals surface area contributed by atoms with Gasteiger partial charge in [0.25, 0.3) is 5.91 Å². The quantitative estimate of drug-likeness (QED) is 0.621. The summed E-state index contributed by atoms with van der Waals surface area (Å²) in [5.74, 6) is 0.804. The number of halogens is 2. The minimum Gasteiger partial charge on any atom is -0.495 e. The summed E-state index contributed by atoms with van der Waals surface area (Å²) in [7, 11) is 1.54. The van der Waals surface area contributed by atoms with Crippen LogP contribution in [-0.4, -0.2) is 13.0 Å². The molecule has 0 bridgehead atoms. The number of carbonyl (C=O) groups excluding carboxylic acids is 1. The van der Waals surface area contributed by atoms with Gasteiger partial charge in [-0.15, -0.1) is 0 Å². The molecule has 0 saturated carbocycles. The number of nitrogen functional groups attached to an aromatic ring is 1. The SMILES string of the molecule is COc1ccc(-c2ccc(C(=O)Nc3ccc(N)cc3Cl)o2)cc1Cl. The van der Waals surface area contributed by atoms with Gasteiger partial charge in [-0.25, -0.2) is 0 Å². The van der Waals surface area contributed by atoms with Crippen LogP contribution in [0.2, 0.25) is 10.0 Å². The Balaban J connectivity index is 1.81. The lowest BCUT2D eigenvalue weighted by molar-refractivity contribution is 0.0997. The first-order chi connectivity index (χ1) is 12.0. The van der Waals surface area contributed by atoms with E-state index in [0.717, 1.165) is 5.56 Å². The lowest BCUT2D eigenvalue weighted by atomic mass is 10.2. The van der Waals surface area contributed by atoms with E-state index in [2.05, 4.69) is 5.32 Å². The molecule has 3 N–H and O–H groups in total. The molecule has 0 spiro atoms. The molecule has 3 rings (SSSR count). The molecule has 0 atom stereocenters. The van der Waals surface area contributed by atoms with E-state index < -0.39 is 5.91 Å². The molecule has 1 amide bonds. The number of hydrogen-bond donors (Lipinski definition) is 2. The average Bonchev–Trinajstić information content (AvgIpc) is 3.07. The van der Waals surface area contributed by atoms with Gasteiger partial charge >= 0.3 is 0 Å². The standard InChI is InChI=1S/C18H14Cl2N2O3/c1-24-16-5-2-10(8-13(16)20)15-6-7-17(25-15)18(23)22-14-4-3-11(21)9-12(14)19/h2-9H,21H2,1H3,(H,22,23). The second-order valence-corrected chi connectivity index (χ2v) is 6.02. The molecule has 7 heteroatoms. The van der Waals surface area contributed by atoms with Gasteiger partial charge in [-0.2, -0.15) is 0 Å². The van der Waals surface area contributed by atoms with Crippen molar-refractivity contribution < 1.29 is 13.9 Å². The van der Waals surface area contributed by atoms with E-state index in [0.29, 0.717) is 32.9 Å². The highest BCUT2D eigenvalue weighted by molar-refractivity contribution is 6.34. The number of amides is 1. The Kier molecular flexibility index (Phi) is 4.88. The first-order valence-corrected chi connectivity index (χ1v) is 8.03. The Hall–Kier alpha value is -2.63. The second-order valence-electron chi connectivity index (χ2n) is 5.21. The van der Waals surface area contributed by atoms with Crippen LogP contribution in [0.3, 0.4) is 0 Å². The number of rotatable bonds is 4. The fraction of sp³-hybridized carbons (Fsp3) is 0.0556. The molecule has 0 aliphatic heterocycles. The van der Waals surface area contributed by atoms with Crippen molar-refractivity contribution in [3.8, 4) is 17.1 Å². The topological polar surface area (TPSA) is 77.5 Å². The number of carbonyl (C=O) groups is 1. The van der Waals surface area contributed by atoms with Gasteiger partial charge in [-0.1, -0.05) is 23.2 Å². The highest BCUT2D eigenvalue weighted by atomic mass is 35.5. The molecule has 0 aliphatic carbocycles. The predicted molar refractivity (Wildman–Crippen MR) is 99.5 cm³/mol. The van der Waals surface area contributed by atoms with Crippen molar-refractivity contribution in [3.05, 3.63) is 64.3 Å². The maximum atomic E-state index is 12.3. The second kappa shape index (κ2) is 7.09. The monoisotopic (exact) mass is 376 g/mol. The third-order valence-corrected chi connectivity index (χ3v) is 4.12. The summed E-state index contributed by atoms with van der Waals surface area (Å²) in [5.41, 5.74) is 7.33. The van der Waals surface area contributed by atoms with E-state index in [9.17, 15) is 4.79 Å². The molecule has 0 saturated heterocycles. The molecule has 1 heterocycles. The number of ether oxygens (including phenoxy) is 1. The number of nitrogens with two attached hydrogens (primary N) is 1. The van der Waals surface area contributed by atoms with E-state index in [4.69, 9.17) is 38.1 Å². The van der Waals surface area contributed by atoms with Crippen molar-refractivity contribution >= 4 is 40.5 Å². The third-order valence-electron chi connectivity index (χ3n) is 3.51. The zero-order valence-corrected chi connectivity index (χ0v) is 14.7. The fourth-order valence-electron chi connectivity index (χ4n) is 2.25. The molecule has 3 aromatic rings. The fourth-order valence-corrected chi connectivity index (χ4v) is 2.75. The summed E-state index contributed by atoms with van der Waals surface area (Å²) in [6, 6.07) is 13.3. The minimum absolute atomic E-state index is 0.148. The van der Waals surface area contributed by atoms with Gasteiger partial charge in [0.15, 0.2) is 5.76 Å². The molecule has 0 fully saturated rings. The summed E-state index contributed by atoms with van der Waals surface area (Å²) in [4.78, 5) is 12.3. The van der Waals surface area contributed by atoms with Gasteiger partial charge in [0.1, 0.15) is 11.5 Å². The van der Waals surface area contributed by atoms with Crippen LogP contribution in [0.5, 0.6) is 5.75 Å². The van der Waals surface area contributed by atoms with E-state index >= 15 is 0 Å². The highest BCUT2D eigenvalue weighted by Gasteiger charge is 2.15. The lowest BCUT2D eigenvalue weighted by Gasteiger charge is -2.06. The van der Waals surface area contributed by atoms with E-state index in [1.54, 1.807) is 55.6 Å². The van der Waals surface area contributed by atoms with Crippen molar-refractivity contribution in [3.63, 3.8) is 0 Å². The van der Waals surface area contributed by atoms with Crippen LogP contribution in [0.1, 0.15) is 10.6 Å². The van der Waals surface area contributed by atoms with Gasteiger partial charge in [0.2, 0.25) is 0 Å². The molecule has 2 aromatic carbocycles. The van der Waals surface area contributed by atoms with Crippen molar-refractivity contribution in [1.29, 1.82) is 0 Å². The Morgan fingerprint density at radius 2 is 1.88 bits per heavy atom. The number of benzene rings is 2. The van der Waals surface area contributed by atoms with Crippen LogP contribution >= 0.6 is 23.2 Å². The van der Waals surface area contributed by atoms with E-state index in [-0.39, 0.29) is 5.76 Å². The van der Waals surface area contributed by atoms with Gasteiger partial charge in [0, 0.05) is 11.3 Å². The first-order valence-electron chi connectivity index (χ1n) is 7.28. The Bertz CT molecular complexity index is 938. The number of furan rings is 1. The lowest BCUT2D eigenvalue weighted by Crippen LogP contribution is -2.11. The van der Waals surface area contributed by atoms with E-state index in [1.807, 2.05) is 0 Å². The number of methoxy groups -OCH3 is 1.